The number of aromatic nitrogens is 4. The first-order valence-corrected chi connectivity index (χ1v) is 6.77. The Hall–Kier alpha value is -2.77. The molecule has 7 nitrogen and oxygen atoms in total. The van der Waals surface area contributed by atoms with E-state index in [1.165, 1.54) is 23.9 Å². The number of methoxy groups -OCH3 is 1. The number of halogens is 1. The van der Waals surface area contributed by atoms with Crippen molar-refractivity contribution in [3.8, 4) is 0 Å². The van der Waals surface area contributed by atoms with E-state index in [0.29, 0.717) is 29.2 Å². The summed E-state index contributed by atoms with van der Waals surface area (Å²) in [6, 6.07) is 5.37. The Labute approximate surface area is 125 Å². The number of benzene rings is 1. The Kier molecular flexibility index (Phi) is 3.58. The Morgan fingerprint density at radius 1 is 1.50 bits per heavy atom. The van der Waals surface area contributed by atoms with Gasteiger partial charge in [-0.3, -0.25) is 0 Å². The van der Waals surface area contributed by atoms with E-state index >= 15 is 0 Å². The second kappa shape index (κ2) is 5.55. The number of allylic oxidation sites excluding steroid dienone is 1. The van der Waals surface area contributed by atoms with E-state index in [4.69, 9.17) is 4.74 Å². The summed E-state index contributed by atoms with van der Waals surface area (Å²) in [7, 11) is 1.31. The summed E-state index contributed by atoms with van der Waals surface area (Å²) in [5, 5.41) is 14.4. The quantitative estimate of drug-likeness (QED) is 0.869. The molecule has 0 saturated heterocycles. The molecule has 0 bridgehead atoms. The van der Waals surface area contributed by atoms with Crippen molar-refractivity contribution in [2.75, 3.05) is 12.4 Å². The minimum Gasteiger partial charge on any atom is -0.466 e. The summed E-state index contributed by atoms with van der Waals surface area (Å²) in [4.78, 5) is 12.2. The maximum atomic E-state index is 13.6. The number of carbonyl (C=O) groups excluding carboxylic acids is 1. The van der Waals surface area contributed by atoms with Crippen LogP contribution in [-0.2, 0) is 9.53 Å². The van der Waals surface area contributed by atoms with Gasteiger partial charge in [-0.25, -0.2) is 9.18 Å². The first kappa shape index (κ1) is 14.2. The second-order valence-corrected chi connectivity index (χ2v) is 4.77. The summed E-state index contributed by atoms with van der Waals surface area (Å²) in [5.41, 5.74) is 1.60. The Bertz CT molecular complexity index is 755. The topological polar surface area (TPSA) is 81.9 Å². The van der Waals surface area contributed by atoms with Crippen molar-refractivity contribution in [1.82, 2.24) is 20.2 Å². The Balaban J connectivity index is 2.22. The van der Waals surface area contributed by atoms with Crippen molar-refractivity contribution in [3.63, 3.8) is 0 Å². The molecule has 2 heterocycles. The number of tetrazole rings is 1. The normalized spacial score (nSPS) is 17.0. The zero-order valence-electron chi connectivity index (χ0n) is 12.1. The third kappa shape index (κ3) is 2.22. The highest BCUT2D eigenvalue weighted by Crippen LogP contribution is 2.35. The van der Waals surface area contributed by atoms with E-state index < -0.39 is 17.8 Å². The molecular formula is C14H14FN5O2. The second-order valence-electron chi connectivity index (χ2n) is 4.77. The number of esters is 1. The molecule has 0 unspecified atom stereocenters. The van der Waals surface area contributed by atoms with Gasteiger partial charge in [-0.1, -0.05) is 24.2 Å². The average molecular weight is 303 g/mol. The highest BCUT2D eigenvalue weighted by Gasteiger charge is 2.35. The number of nitrogens with one attached hydrogen (secondary N) is 1. The molecule has 1 aliphatic heterocycles. The molecule has 0 radical (unpaired) electrons. The summed E-state index contributed by atoms with van der Waals surface area (Å²) >= 11 is 0. The minimum atomic E-state index is -0.635. The van der Waals surface area contributed by atoms with Gasteiger partial charge in [0.2, 0.25) is 5.95 Å². The molecule has 3 rings (SSSR count). The van der Waals surface area contributed by atoms with Crippen molar-refractivity contribution in [3.05, 3.63) is 46.9 Å². The van der Waals surface area contributed by atoms with E-state index in [-0.39, 0.29) is 0 Å². The van der Waals surface area contributed by atoms with E-state index in [2.05, 4.69) is 20.8 Å². The zero-order chi connectivity index (χ0) is 15.7. The summed E-state index contributed by atoms with van der Waals surface area (Å²) in [6.07, 6.45) is 0.559. The van der Waals surface area contributed by atoms with Gasteiger partial charge in [0.15, 0.2) is 0 Å². The Morgan fingerprint density at radius 2 is 2.32 bits per heavy atom. The summed E-state index contributed by atoms with van der Waals surface area (Å²) in [5.74, 6) is -0.494. The largest absolute Gasteiger partial charge is 0.466 e. The lowest BCUT2D eigenvalue weighted by atomic mass is 9.94. The van der Waals surface area contributed by atoms with E-state index in [1.807, 2.05) is 6.92 Å². The molecule has 8 heteroatoms. The van der Waals surface area contributed by atoms with Gasteiger partial charge in [0.25, 0.3) is 0 Å². The molecule has 0 fully saturated rings. The highest BCUT2D eigenvalue weighted by molar-refractivity contribution is 5.92. The van der Waals surface area contributed by atoms with E-state index in [9.17, 15) is 9.18 Å². The van der Waals surface area contributed by atoms with Gasteiger partial charge in [0, 0.05) is 5.70 Å². The van der Waals surface area contributed by atoms with Crippen LogP contribution in [-0.4, -0.2) is 33.3 Å². The van der Waals surface area contributed by atoms with Gasteiger partial charge < -0.3 is 10.1 Å². The smallest absolute Gasteiger partial charge is 0.338 e. The minimum absolute atomic E-state index is 0.371. The monoisotopic (exact) mass is 303 g/mol. The van der Waals surface area contributed by atoms with Crippen LogP contribution in [0, 0.1) is 5.82 Å². The van der Waals surface area contributed by atoms with Gasteiger partial charge in [-0.05, 0) is 34.5 Å². The van der Waals surface area contributed by atoms with Crippen LogP contribution in [0.2, 0.25) is 0 Å². The molecule has 1 aromatic heterocycles. The van der Waals surface area contributed by atoms with Crippen LogP contribution in [0.15, 0.2) is 35.5 Å². The fourth-order valence-corrected chi connectivity index (χ4v) is 2.55. The fraction of sp³-hybridized carbons (Fsp3) is 0.286. The molecule has 1 atom stereocenters. The van der Waals surface area contributed by atoms with Crippen LogP contribution in [0.25, 0.3) is 0 Å². The Morgan fingerprint density at radius 3 is 3.00 bits per heavy atom. The SMILES string of the molecule is CCC1=C(C(=O)OC)[C@H](c2cccc(F)c2)n2nnnc2N1. The first-order chi connectivity index (χ1) is 10.7. The summed E-state index contributed by atoms with van der Waals surface area (Å²) in [6.45, 7) is 1.90. The zero-order valence-corrected chi connectivity index (χ0v) is 12.1. The number of fused-ring (bicyclic) bond motifs is 1. The first-order valence-electron chi connectivity index (χ1n) is 6.77. The molecule has 0 spiro atoms. The molecule has 0 aliphatic carbocycles. The van der Waals surface area contributed by atoms with Gasteiger partial charge in [0.1, 0.15) is 11.9 Å². The molecule has 1 aromatic carbocycles. The van der Waals surface area contributed by atoms with Crippen molar-refractivity contribution >= 4 is 11.9 Å². The predicted octanol–water partition coefficient (Wildman–Crippen LogP) is 1.66. The molecule has 114 valence electrons. The number of nitrogens with zero attached hydrogens (tertiary/aromatic N) is 4. The molecule has 2 aromatic rings. The molecule has 0 saturated carbocycles. The summed E-state index contributed by atoms with van der Waals surface area (Å²) < 4.78 is 19.9. The van der Waals surface area contributed by atoms with Crippen LogP contribution in [0.1, 0.15) is 24.9 Å². The molecule has 1 N–H and O–H groups in total. The molecule has 1 aliphatic rings. The number of hydrogen-bond acceptors (Lipinski definition) is 6. The number of carbonyl (C=O) groups is 1. The van der Waals surface area contributed by atoms with Crippen LogP contribution < -0.4 is 5.32 Å². The van der Waals surface area contributed by atoms with Crippen molar-refractivity contribution in [2.45, 2.75) is 19.4 Å². The van der Waals surface area contributed by atoms with Gasteiger partial charge >= 0.3 is 5.97 Å². The molecule has 0 amide bonds. The standard InChI is InChI=1S/C14H14FN5O2/c1-3-10-11(13(21)22-2)12(8-5-4-6-9(15)7-8)20-14(16-10)17-18-19-20/h4-7,12H,3H2,1-2H3,(H,16,17,19)/t12-/m0/s1. The van der Waals surface area contributed by atoms with Crippen molar-refractivity contribution in [2.24, 2.45) is 0 Å². The van der Waals surface area contributed by atoms with E-state index in [1.54, 1.807) is 12.1 Å². The number of hydrogen-bond donors (Lipinski definition) is 1. The van der Waals surface area contributed by atoms with Gasteiger partial charge in [-0.15, -0.1) is 0 Å². The maximum absolute atomic E-state index is 13.6. The lowest BCUT2D eigenvalue weighted by Crippen LogP contribution is -2.30. The maximum Gasteiger partial charge on any atom is 0.338 e. The lowest BCUT2D eigenvalue weighted by Gasteiger charge is -2.28. The molecule has 22 heavy (non-hydrogen) atoms. The molecular weight excluding hydrogens is 289 g/mol. The van der Waals surface area contributed by atoms with Gasteiger partial charge in [-0.2, -0.15) is 4.68 Å². The number of anilines is 1. The third-order valence-corrected chi connectivity index (χ3v) is 3.52. The predicted molar refractivity (Wildman–Crippen MR) is 75.3 cm³/mol. The third-order valence-electron chi connectivity index (χ3n) is 3.52. The van der Waals surface area contributed by atoms with Crippen LogP contribution in [0.3, 0.4) is 0 Å². The van der Waals surface area contributed by atoms with Crippen LogP contribution >= 0.6 is 0 Å². The van der Waals surface area contributed by atoms with Crippen LogP contribution in [0.5, 0.6) is 0 Å². The average Bonchev–Trinajstić information content (AvgIpc) is 3.00. The van der Waals surface area contributed by atoms with Gasteiger partial charge in [0.05, 0.1) is 12.7 Å². The van der Waals surface area contributed by atoms with Crippen molar-refractivity contribution in [1.29, 1.82) is 0 Å². The number of rotatable bonds is 3. The van der Waals surface area contributed by atoms with Crippen LogP contribution in [0.4, 0.5) is 10.3 Å². The lowest BCUT2D eigenvalue weighted by molar-refractivity contribution is -0.136. The van der Waals surface area contributed by atoms with E-state index in [0.717, 1.165) is 0 Å². The highest BCUT2D eigenvalue weighted by atomic mass is 19.1. The number of ether oxygens (including phenoxy) is 1. The van der Waals surface area contributed by atoms with Crippen molar-refractivity contribution < 1.29 is 13.9 Å². The fourth-order valence-electron chi connectivity index (χ4n) is 2.55.